The van der Waals surface area contributed by atoms with Gasteiger partial charge in [0.1, 0.15) is 5.75 Å². The SMILES string of the molecule is CN=C(NCCc1nc(C)no1)NCc1ccc(C)cc1OCC(F)(F)F.I. The zero-order valence-electron chi connectivity index (χ0n) is 15.8. The number of alkyl halides is 3. The van der Waals surface area contributed by atoms with E-state index in [2.05, 4.69) is 25.8 Å². The van der Waals surface area contributed by atoms with Gasteiger partial charge in [0, 0.05) is 32.1 Å². The molecular weight excluding hydrogens is 490 g/mol. The molecule has 0 saturated carbocycles. The zero-order valence-corrected chi connectivity index (χ0v) is 18.1. The van der Waals surface area contributed by atoms with Crippen molar-refractivity contribution < 1.29 is 22.4 Å². The third-order valence-corrected chi connectivity index (χ3v) is 3.48. The summed E-state index contributed by atoms with van der Waals surface area (Å²) < 4.78 is 47.3. The normalized spacial score (nSPS) is 11.7. The van der Waals surface area contributed by atoms with Crippen LogP contribution in [0.3, 0.4) is 0 Å². The molecule has 7 nitrogen and oxygen atoms in total. The standard InChI is InChI=1S/C17H22F3N5O2.HI/c1-11-4-5-13(14(8-11)26-10-17(18,19)20)9-23-16(21-3)22-7-6-15-24-12(2)25-27-15;/h4-5,8H,6-7,9-10H2,1-3H3,(H2,21,22,23);1H. The van der Waals surface area contributed by atoms with Crippen LogP contribution in [0.2, 0.25) is 0 Å². The van der Waals surface area contributed by atoms with Crippen LogP contribution < -0.4 is 15.4 Å². The van der Waals surface area contributed by atoms with E-state index in [1.54, 1.807) is 33.0 Å². The minimum absolute atomic E-state index is 0. The highest BCUT2D eigenvalue weighted by atomic mass is 127. The summed E-state index contributed by atoms with van der Waals surface area (Å²) in [5.41, 5.74) is 1.41. The van der Waals surface area contributed by atoms with Crippen LogP contribution in [0.1, 0.15) is 22.8 Å². The lowest BCUT2D eigenvalue weighted by atomic mass is 10.1. The van der Waals surface area contributed by atoms with Crippen molar-refractivity contribution in [2.45, 2.75) is 33.0 Å². The first kappa shape index (κ1) is 24.0. The molecule has 2 rings (SSSR count). The Morgan fingerprint density at radius 3 is 2.61 bits per heavy atom. The lowest BCUT2D eigenvalue weighted by Crippen LogP contribution is -2.38. The van der Waals surface area contributed by atoms with E-state index >= 15 is 0 Å². The van der Waals surface area contributed by atoms with Crippen molar-refractivity contribution >= 4 is 29.9 Å². The monoisotopic (exact) mass is 513 g/mol. The van der Waals surface area contributed by atoms with Crippen LogP contribution in [-0.4, -0.2) is 42.5 Å². The second kappa shape index (κ2) is 11.1. The molecule has 1 heterocycles. The fraction of sp³-hybridized carbons (Fsp3) is 0.471. The van der Waals surface area contributed by atoms with Gasteiger partial charge in [0.2, 0.25) is 5.89 Å². The average Bonchev–Trinajstić information content (AvgIpc) is 3.01. The number of aromatic nitrogens is 2. The van der Waals surface area contributed by atoms with Gasteiger partial charge < -0.3 is 19.9 Å². The Morgan fingerprint density at radius 2 is 2.00 bits per heavy atom. The number of hydrogen-bond donors (Lipinski definition) is 2. The molecular formula is C17H23F3IN5O2. The van der Waals surface area contributed by atoms with Crippen molar-refractivity contribution in [1.82, 2.24) is 20.8 Å². The Balaban J connectivity index is 0.00000392. The lowest BCUT2D eigenvalue weighted by molar-refractivity contribution is -0.153. The summed E-state index contributed by atoms with van der Waals surface area (Å²) in [5, 5.41) is 9.83. The fourth-order valence-corrected chi connectivity index (χ4v) is 2.23. The van der Waals surface area contributed by atoms with Gasteiger partial charge in [0.25, 0.3) is 0 Å². The van der Waals surface area contributed by atoms with Crippen LogP contribution in [0.4, 0.5) is 13.2 Å². The predicted octanol–water partition coefficient (Wildman–Crippen LogP) is 3.15. The van der Waals surface area contributed by atoms with Gasteiger partial charge in [0.05, 0.1) is 0 Å². The van der Waals surface area contributed by atoms with Gasteiger partial charge in [-0.25, -0.2) is 0 Å². The smallest absolute Gasteiger partial charge is 0.422 e. The van der Waals surface area contributed by atoms with E-state index in [1.807, 2.05) is 6.07 Å². The first-order chi connectivity index (χ1) is 12.8. The Labute approximate surface area is 178 Å². The van der Waals surface area contributed by atoms with E-state index in [4.69, 9.17) is 9.26 Å². The minimum atomic E-state index is -4.39. The number of aryl methyl sites for hydroxylation is 2. The van der Waals surface area contributed by atoms with Crippen LogP contribution in [0.25, 0.3) is 0 Å². The van der Waals surface area contributed by atoms with Crippen molar-refractivity contribution in [3.05, 3.63) is 41.0 Å². The van der Waals surface area contributed by atoms with Crippen molar-refractivity contribution in [1.29, 1.82) is 0 Å². The molecule has 0 atom stereocenters. The second-order valence-corrected chi connectivity index (χ2v) is 5.85. The fourth-order valence-electron chi connectivity index (χ4n) is 2.23. The van der Waals surface area contributed by atoms with Crippen LogP contribution in [0.15, 0.2) is 27.7 Å². The van der Waals surface area contributed by atoms with E-state index in [1.165, 1.54) is 0 Å². The third kappa shape index (κ3) is 8.31. The first-order valence-corrected chi connectivity index (χ1v) is 8.29. The molecule has 156 valence electrons. The number of nitrogens with zero attached hydrogens (tertiary/aromatic N) is 3. The molecule has 0 aliphatic carbocycles. The van der Waals surface area contributed by atoms with Crippen molar-refractivity contribution in [2.24, 2.45) is 4.99 Å². The van der Waals surface area contributed by atoms with E-state index < -0.39 is 12.8 Å². The zero-order chi connectivity index (χ0) is 19.9. The minimum Gasteiger partial charge on any atom is -0.484 e. The molecule has 0 aliphatic heterocycles. The molecule has 0 unspecified atom stereocenters. The number of guanidine groups is 1. The highest BCUT2D eigenvalue weighted by Crippen LogP contribution is 2.23. The van der Waals surface area contributed by atoms with Gasteiger partial charge in [-0.05, 0) is 25.5 Å². The van der Waals surface area contributed by atoms with Crippen molar-refractivity contribution in [2.75, 3.05) is 20.2 Å². The molecule has 0 bridgehead atoms. The Kier molecular flexibility index (Phi) is 9.49. The molecule has 0 spiro atoms. The predicted molar refractivity (Wildman–Crippen MR) is 109 cm³/mol. The third-order valence-electron chi connectivity index (χ3n) is 3.48. The van der Waals surface area contributed by atoms with Crippen LogP contribution in [0.5, 0.6) is 5.75 Å². The molecule has 28 heavy (non-hydrogen) atoms. The summed E-state index contributed by atoms with van der Waals surface area (Å²) in [7, 11) is 1.60. The average molecular weight is 513 g/mol. The van der Waals surface area contributed by atoms with E-state index in [0.717, 1.165) is 5.56 Å². The molecule has 1 aromatic carbocycles. The number of benzene rings is 1. The number of ether oxygens (including phenoxy) is 1. The molecule has 2 N–H and O–H groups in total. The topological polar surface area (TPSA) is 84.6 Å². The van der Waals surface area contributed by atoms with Gasteiger partial charge in [-0.15, -0.1) is 24.0 Å². The Hall–Kier alpha value is -2.05. The maximum atomic E-state index is 12.4. The number of nitrogens with one attached hydrogen (secondary N) is 2. The van der Waals surface area contributed by atoms with E-state index in [-0.39, 0.29) is 36.3 Å². The summed E-state index contributed by atoms with van der Waals surface area (Å²) in [4.78, 5) is 8.18. The Bertz CT molecular complexity index is 780. The Morgan fingerprint density at radius 1 is 1.25 bits per heavy atom. The molecule has 0 amide bonds. The van der Waals surface area contributed by atoms with E-state index in [0.29, 0.717) is 36.2 Å². The molecule has 0 aliphatic rings. The van der Waals surface area contributed by atoms with Crippen LogP contribution >= 0.6 is 24.0 Å². The van der Waals surface area contributed by atoms with Crippen LogP contribution in [0, 0.1) is 13.8 Å². The molecule has 2 aromatic rings. The largest absolute Gasteiger partial charge is 0.484 e. The quantitative estimate of drug-likeness (QED) is 0.337. The molecule has 0 fully saturated rings. The molecule has 11 heteroatoms. The number of rotatable bonds is 7. The number of aliphatic imine (C=N–C) groups is 1. The van der Waals surface area contributed by atoms with Gasteiger partial charge in [-0.2, -0.15) is 18.2 Å². The van der Waals surface area contributed by atoms with Gasteiger partial charge in [0.15, 0.2) is 18.4 Å². The van der Waals surface area contributed by atoms with Crippen LogP contribution in [-0.2, 0) is 13.0 Å². The summed E-state index contributed by atoms with van der Waals surface area (Å²) >= 11 is 0. The first-order valence-electron chi connectivity index (χ1n) is 8.29. The summed E-state index contributed by atoms with van der Waals surface area (Å²) in [5.74, 6) is 1.76. The number of halogens is 4. The molecule has 0 saturated heterocycles. The number of hydrogen-bond acceptors (Lipinski definition) is 5. The van der Waals surface area contributed by atoms with Gasteiger partial charge in [-0.3, -0.25) is 4.99 Å². The van der Waals surface area contributed by atoms with Crippen molar-refractivity contribution in [3.8, 4) is 5.75 Å². The highest BCUT2D eigenvalue weighted by Gasteiger charge is 2.28. The summed E-state index contributed by atoms with van der Waals surface area (Å²) in [6.07, 6.45) is -3.87. The summed E-state index contributed by atoms with van der Waals surface area (Å²) in [6, 6.07) is 5.12. The van der Waals surface area contributed by atoms with Gasteiger partial charge in [-0.1, -0.05) is 17.3 Å². The second-order valence-electron chi connectivity index (χ2n) is 5.85. The summed E-state index contributed by atoms with van der Waals surface area (Å²) in [6.45, 7) is 2.96. The lowest BCUT2D eigenvalue weighted by Gasteiger charge is -2.16. The molecule has 0 radical (unpaired) electrons. The van der Waals surface area contributed by atoms with Crippen molar-refractivity contribution in [3.63, 3.8) is 0 Å². The van der Waals surface area contributed by atoms with E-state index in [9.17, 15) is 13.2 Å². The highest BCUT2D eigenvalue weighted by molar-refractivity contribution is 14.0. The maximum absolute atomic E-state index is 12.4. The van der Waals surface area contributed by atoms with Gasteiger partial charge >= 0.3 is 6.18 Å². The maximum Gasteiger partial charge on any atom is 0.422 e. The molecule has 1 aromatic heterocycles.